The fourth-order valence-corrected chi connectivity index (χ4v) is 4.08. The Kier molecular flexibility index (Phi) is 4.17. The van der Waals surface area contributed by atoms with E-state index in [-0.39, 0.29) is 17.4 Å². The monoisotopic (exact) mass is 346 g/mol. The number of hydrogen-bond acceptors (Lipinski definition) is 6. The average Bonchev–Trinajstić information content (AvgIpc) is 2.94. The second kappa shape index (κ2) is 5.99. The summed E-state index contributed by atoms with van der Waals surface area (Å²) >= 11 is 0. The van der Waals surface area contributed by atoms with Crippen molar-refractivity contribution in [3.63, 3.8) is 0 Å². The minimum Gasteiger partial charge on any atom is -0.364 e. The zero-order valence-electron chi connectivity index (χ0n) is 12.4. The van der Waals surface area contributed by atoms with Crippen molar-refractivity contribution in [3.05, 3.63) is 28.9 Å². The van der Waals surface area contributed by atoms with Gasteiger partial charge in [-0.15, -0.1) is 5.10 Å². The average molecular weight is 346 g/mol. The highest BCUT2D eigenvalue weighted by atomic mass is 32.2. The summed E-state index contributed by atoms with van der Waals surface area (Å²) in [5.41, 5.74) is 0.465. The first-order valence-electron chi connectivity index (χ1n) is 7.17. The largest absolute Gasteiger partial charge is 0.364 e. The van der Waals surface area contributed by atoms with Gasteiger partial charge >= 0.3 is 0 Å². The van der Waals surface area contributed by atoms with Gasteiger partial charge in [0.2, 0.25) is 0 Å². The Morgan fingerprint density at radius 3 is 2.74 bits per heavy atom. The van der Waals surface area contributed by atoms with Crippen LogP contribution in [0.25, 0.3) is 0 Å². The minimum absolute atomic E-state index is 0.218. The summed E-state index contributed by atoms with van der Waals surface area (Å²) in [6.07, 6.45) is 1.48. The van der Waals surface area contributed by atoms with Crippen LogP contribution >= 0.6 is 0 Å². The second-order valence-electron chi connectivity index (χ2n) is 5.73. The van der Waals surface area contributed by atoms with E-state index in [1.165, 1.54) is 13.3 Å². The van der Waals surface area contributed by atoms with Crippen LogP contribution in [0.5, 0.6) is 0 Å². The molecule has 0 bridgehead atoms. The van der Waals surface area contributed by atoms with Crippen molar-refractivity contribution in [2.45, 2.75) is 43.1 Å². The molecule has 2 aromatic rings. The van der Waals surface area contributed by atoms with Crippen molar-refractivity contribution >= 4 is 9.84 Å². The van der Waals surface area contributed by atoms with Crippen LogP contribution in [-0.2, 0) is 28.4 Å². The van der Waals surface area contributed by atoms with Gasteiger partial charge in [-0.05, 0) is 12.8 Å². The molecular formula is C13H16F2N4O3S. The van der Waals surface area contributed by atoms with E-state index in [2.05, 4.69) is 15.5 Å². The minimum atomic E-state index is -3.69. The number of alkyl halides is 2. The molecule has 0 atom stereocenters. The van der Waals surface area contributed by atoms with E-state index in [0.717, 1.165) is 23.9 Å². The smallest absolute Gasteiger partial charge is 0.281 e. The van der Waals surface area contributed by atoms with E-state index < -0.39 is 27.7 Å². The fraction of sp³-hybridized carbons (Fsp3) is 0.615. The van der Waals surface area contributed by atoms with Gasteiger partial charge in [-0.3, -0.25) is 0 Å². The van der Waals surface area contributed by atoms with Crippen LogP contribution in [0.15, 0.2) is 10.8 Å². The van der Waals surface area contributed by atoms with Crippen molar-refractivity contribution in [1.82, 2.24) is 20.2 Å². The standard InChI is InChI=1S/C13H16F2N4O3S/c1-19-12(13(14)15)10(16-18-19)7-23(20,21)6-9-5-22-17-11(9)8-3-2-4-8/h5,8,13H,2-4,6-7H2,1H3. The Bertz CT molecular complexity index is 796. The molecule has 0 amide bonds. The lowest BCUT2D eigenvalue weighted by Gasteiger charge is -2.23. The van der Waals surface area contributed by atoms with Gasteiger partial charge in [-0.1, -0.05) is 16.8 Å². The van der Waals surface area contributed by atoms with Crippen LogP contribution in [0.2, 0.25) is 0 Å². The number of halogens is 2. The molecule has 23 heavy (non-hydrogen) atoms. The molecule has 0 aromatic carbocycles. The van der Waals surface area contributed by atoms with Crippen LogP contribution in [0, 0.1) is 0 Å². The van der Waals surface area contributed by atoms with Gasteiger partial charge in [0.25, 0.3) is 6.43 Å². The van der Waals surface area contributed by atoms with Crippen LogP contribution in [0.1, 0.15) is 54.3 Å². The molecule has 10 heteroatoms. The van der Waals surface area contributed by atoms with E-state index in [1.54, 1.807) is 0 Å². The number of aromatic nitrogens is 4. The maximum absolute atomic E-state index is 13.0. The van der Waals surface area contributed by atoms with E-state index in [4.69, 9.17) is 4.52 Å². The zero-order valence-corrected chi connectivity index (χ0v) is 13.3. The maximum atomic E-state index is 13.0. The summed E-state index contributed by atoms with van der Waals surface area (Å²) in [5.74, 6) is -0.663. The Morgan fingerprint density at radius 2 is 2.13 bits per heavy atom. The fourth-order valence-electron chi connectivity index (χ4n) is 2.67. The Hall–Kier alpha value is -1.84. The lowest BCUT2D eigenvalue weighted by atomic mass is 9.82. The Balaban J connectivity index is 1.79. The highest BCUT2D eigenvalue weighted by Gasteiger charge is 2.29. The number of aryl methyl sites for hydroxylation is 1. The topological polar surface area (TPSA) is 90.9 Å². The molecule has 3 rings (SSSR count). The summed E-state index contributed by atoms with van der Waals surface area (Å²) in [6, 6.07) is 0. The third-order valence-corrected chi connectivity index (χ3v) is 5.51. The van der Waals surface area contributed by atoms with Crippen LogP contribution in [-0.4, -0.2) is 28.6 Å². The predicted octanol–water partition coefficient (Wildman–Crippen LogP) is 2.12. The first kappa shape index (κ1) is 16.0. The molecule has 7 nitrogen and oxygen atoms in total. The first-order chi connectivity index (χ1) is 10.9. The van der Waals surface area contributed by atoms with E-state index in [1.807, 2.05) is 0 Å². The zero-order chi connectivity index (χ0) is 16.6. The van der Waals surface area contributed by atoms with Gasteiger partial charge in [0.1, 0.15) is 17.7 Å². The Labute approximate surface area is 131 Å². The lowest BCUT2D eigenvalue weighted by molar-refractivity contribution is 0.140. The first-order valence-corrected chi connectivity index (χ1v) is 8.99. The van der Waals surface area contributed by atoms with E-state index in [9.17, 15) is 17.2 Å². The van der Waals surface area contributed by atoms with E-state index in [0.29, 0.717) is 11.3 Å². The SMILES string of the molecule is Cn1nnc(CS(=O)(=O)Cc2conc2C2CCC2)c1C(F)F. The van der Waals surface area contributed by atoms with Gasteiger partial charge in [-0.2, -0.15) is 0 Å². The van der Waals surface area contributed by atoms with Gasteiger partial charge in [0, 0.05) is 18.5 Å². The lowest BCUT2D eigenvalue weighted by Crippen LogP contribution is -2.15. The number of hydrogen-bond donors (Lipinski definition) is 0. The molecular weight excluding hydrogens is 330 g/mol. The summed E-state index contributed by atoms with van der Waals surface area (Å²) < 4.78 is 56.4. The maximum Gasteiger partial charge on any atom is 0.281 e. The van der Waals surface area contributed by atoms with Gasteiger partial charge < -0.3 is 4.52 Å². The molecule has 0 saturated heterocycles. The highest BCUT2D eigenvalue weighted by molar-refractivity contribution is 7.89. The summed E-state index contributed by atoms with van der Waals surface area (Å²) in [6.45, 7) is 0. The van der Waals surface area contributed by atoms with Crippen LogP contribution in [0.4, 0.5) is 8.78 Å². The molecule has 1 aliphatic rings. The number of sulfone groups is 1. The van der Waals surface area contributed by atoms with Crippen molar-refractivity contribution < 1.29 is 21.7 Å². The summed E-state index contributed by atoms with van der Waals surface area (Å²) in [7, 11) is -2.38. The van der Waals surface area contributed by atoms with Gasteiger partial charge in [0.15, 0.2) is 9.84 Å². The quantitative estimate of drug-likeness (QED) is 0.796. The highest BCUT2D eigenvalue weighted by Crippen LogP contribution is 2.37. The molecule has 1 saturated carbocycles. The second-order valence-corrected chi connectivity index (χ2v) is 7.80. The van der Waals surface area contributed by atoms with Crippen LogP contribution < -0.4 is 0 Å². The van der Waals surface area contributed by atoms with Gasteiger partial charge in [0.05, 0.1) is 17.2 Å². The van der Waals surface area contributed by atoms with Gasteiger partial charge in [-0.25, -0.2) is 21.9 Å². The normalized spacial score (nSPS) is 16.0. The molecule has 0 radical (unpaired) electrons. The van der Waals surface area contributed by atoms with Crippen molar-refractivity contribution in [3.8, 4) is 0 Å². The molecule has 0 spiro atoms. The van der Waals surface area contributed by atoms with E-state index >= 15 is 0 Å². The van der Waals surface area contributed by atoms with Crippen molar-refractivity contribution in [2.24, 2.45) is 7.05 Å². The van der Waals surface area contributed by atoms with Crippen molar-refractivity contribution in [1.29, 1.82) is 0 Å². The number of nitrogens with zero attached hydrogens (tertiary/aromatic N) is 4. The number of rotatable bonds is 6. The summed E-state index contributed by atoms with van der Waals surface area (Å²) in [5, 5.41) is 10.9. The molecule has 1 fully saturated rings. The summed E-state index contributed by atoms with van der Waals surface area (Å²) in [4.78, 5) is 0. The Morgan fingerprint density at radius 1 is 1.39 bits per heavy atom. The molecule has 126 valence electrons. The molecule has 2 heterocycles. The molecule has 0 aliphatic heterocycles. The molecule has 2 aromatic heterocycles. The third kappa shape index (κ3) is 3.26. The predicted molar refractivity (Wildman–Crippen MR) is 75.4 cm³/mol. The molecule has 0 unspecified atom stereocenters. The molecule has 1 aliphatic carbocycles. The third-order valence-electron chi connectivity index (χ3n) is 4.05. The van der Waals surface area contributed by atoms with Crippen molar-refractivity contribution in [2.75, 3.05) is 0 Å². The van der Waals surface area contributed by atoms with Crippen LogP contribution in [0.3, 0.4) is 0 Å². The molecule has 0 N–H and O–H groups in total.